The van der Waals surface area contributed by atoms with Crippen LogP contribution in [0.2, 0.25) is 0 Å². The average molecular weight is 300 g/mol. The van der Waals surface area contributed by atoms with Gasteiger partial charge in [-0.2, -0.15) is 0 Å². The largest absolute Gasteiger partial charge is 0.497 e. The highest BCUT2D eigenvalue weighted by atomic mass is 16.5. The first-order chi connectivity index (χ1) is 10.6. The summed E-state index contributed by atoms with van der Waals surface area (Å²) in [4.78, 5) is 12.2. The fourth-order valence-corrected chi connectivity index (χ4v) is 2.31. The number of benzene rings is 2. The number of hydrogen-bond acceptors (Lipinski definition) is 4. The van der Waals surface area contributed by atoms with Gasteiger partial charge in [-0.05, 0) is 35.9 Å². The molecule has 1 N–H and O–H groups in total. The van der Waals surface area contributed by atoms with Crippen LogP contribution in [0.15, 0.2) is 48.5 Å². The van der Waals surface area contributed by atoms with Crippen LogP contribution < -0.4 is 9.47 Å². The van der Waals surface area contributed by atoms with Crippen molar-refractivity contribution in [2.24, 2.45) is 0 Å². The van der Waals surface area contributed by atoms with Crippen molar-refractivity contribution in [1.29, 1.82) is 0 Å². The molecule has 4 heteroatoms. The zero-order valence-corrected chi connectivity index (χ0v) is 12.8. The molecule has 0 aromatic heterocycles. The van der Waals surface area contributed by atoms with Gasteiger partial charge < -0.3 is 14.6 Å². The highest BCUT2D eigenvalue weighted by molar-refractivity contribution is 5.96. The third-order valence-electron chi connectivity index (χ3n) is 3.48. The van der Waals surface area contributed by atoms with Crippen LogP contribution in [0.4, 0.5) is 0 Å². The van der Waals surface area contributed by atoms with Gasteiger partial charge in [-0.15, -0.1) is 0 Å². The number of hydrogen-bond donors (Lipinski definition) is 1. The molecule has 0 saturated heterocycles. The molecule has 0 saturated carbocycles. The lowest BCUT2D eigenvalue weighted by Crippen LogP contribution is -2.16. The minimum atomic E-state index is -0.745. The number of rotatable bonds is 7. The highest BCUT2D eigenvalue weighted by Gasteiger charge is 2.15. The molecule has 1 unspecified atom stereocenters. The first kappa shape index (κ1) is 16.0. The molecule has 116 valence electrons. The second-order valence-corrected chi connectivity index (χ2v) is 5.03. The molecule has 2 rings (SSSR count). The van der Waals surface area contributed by atoms with E-state index in [0.717, 1.165) is 11.3 Å². The van der Waals surface area contributed by atoms with Crippen molar-refractivity contribution in [3.63, 3.8) is 0 Å². The first-order valence-corrected chi connectivity index (χ1v) is 7.11. The maximum absolute atomic E-state index is 12.2. The van der Waals surface area contributed by atoms with E-state index < -0.39 is 6.10 Å². The molecule has 0 amide bonds. The number of para-hydroxylation sites is 1. The van der Waals surface area contributed by atoms with Gasteiger partial charge in [0.25, 0.3) is 0 Å². The number of carbonyl (C=O) groups excluding carboxylic acids is 1. The zero-order valence-electron chi connectivity index (χ0n) is 12.8. The molecule has 0 aliphatic carbocycles. The van der Waals surface area contributed by atoms with Gasteiger partial charge in [-0.25, -0.2) is 0 Å². The van der Waals surface area contributed by atoms with Gasteiger partial charge in [0.05, 0.1) is 20.3 Å². The average Bonchev–Trinajstić information content (AvgIpc) is 2.55. The number of ketones is 1. The Labute approximate surface area is 130 Å². The summed E-state index contributed by atoms with van der Waals surface area (Å²) in [5.74, 6) is 1.33. The molecule has 0 heterocycles. The molecule has 4 nitrogen and oxygen atoms in total. The van der Waals surface area contributed by atoms with E-state index in [4.69, 9.17) is 9.47 Å². The van der Waals surface area contributed by atoms with Crippen LogP contribution >= 0.6 is 0 Å². The molecule has 0 fully saturated rings. The van der Waals surface area contributed by atoms with Gasteiger partial charge in [-0.1, -0.05) is 18.2 Å². The maximum Gasteiger partial charge on any atom is 0.165 e. The zero-order chi connectivity index (χ0) is 15.9. The molecule has 0 aliphatic heterocycles. The van der Waals surface area contributed by atoms with Gasteiger partial charge >= 0.3 is 0 Å². The molecule has 0 aliphatic rings. The first-order valence-electron chi connectivity index (χ1n) is 7.11. The van der Waals surface area contributed by atoms with Gasteiger partial charge in [0.2, 0.25) is 0 Å². The van der Waals surface area contributed by atoms with Crippen molar-refractivity contribution in [3.8, 4) is 11.5 Å². The summed E-state index contributed by atoms with van der Waals surface area (Å²) in [7, 11) is 3.17. The number of methoxy groups -OCH3 is 2. The van der Waals surface area contributed by atoms with Crippen molar-refractivity contribution in [1.82, 2.24) is 0 Å². The van der Waals surface area contributed by atoms with Gasteiger partial charge in [-0.3, -0.25) is 4.79 Å². The maximum atomic E-state index is 12.2. The molecule has 2 aromatic rings. The highest BCUT2D eigenvalue weighted by Crippen LogP contribution is 2.20. The smallest absolute Gasteiger partial charge is 0.165 e. The van der Waals surface area contributed by atoms with E-state index in [-0.39, 0.29) is 12.2 Å². The normalized spacial score (nSPS) is 11.8. The molecule has 1 atom stereocenters. The standard InChI is InChI=1S/C18H20O4/c1-21-16-9-7-13(8-10-16)17(20)12-15(19)11-14-5-3-4-6-18(14)22-2/h3-10,15,19H,11-12H2,1-2H3. The van der Waals surface area contributed by atoms with E-state index in [1.807, 2.05) is 24.3 Å². The molecular weight excluding hydrogens is 280 g/mol. The topological polar surface area (TPSA) is 55.8 Å². The Bertz CT molecular complexity index is 619. The molecule has 2 aromatic carbocycles. The fourth-order valence-electron chi connectivity index (χ4n) is 2.31. The van der Waals surface area contributed by atoms with Crippen LogP contribution in [0.1, 0.15) is 22.3 Å². The monoisotopic (exact) mass is 300 g/mol. The van der Waals surface area contributed by atoms with Gasteiger partial charge in [0, 0.05) is 18.4 Å². The summed E-state index contributed by atoms with van der Waals surface area (Å²) in [5.41, 5.74) is 1.46. The van der Waals surface area contributed by atoms with Crippen LogP contribution in [0.5, 0.6) is 11.5 Å². The van der Waals surface area contributed by atoms with Crippen LogP contribution in [0, 0.1) is 0 Å². The van der Waals surface area contributed by atoms with E-state index in [2.05, 4.69) is 0 Å². The van der Waals surface area contributed by atoms with E-state index in [9.17, 15) is 9.90 Å². The fraction of sp³-hybridized carbons (Fsp3) is 0.278. The Morgan fingerprint density at radius 2 is 1.73 bits per heavy atom. The van der Waals surface area contributed by atoms with Crippen LogP contribution in [-0.4, -0.2) is 31.2 Å². The Morgan fingerprint density at radius 3 is 2.36 bits per heavy atom. The van der Waals surface area contributed by atoms with E-state index in [1.54, 1.807) is 38.5 Å². The van der Waals surface area contributed by atoms with E-state index in [0.29, 0.717) is 17.7 Å². The minimum Gasteiger partial charge on any atom is -0.497 e. The molecule has 0 bridgehead atoms. The Balaban J connectivity index is 1.98. The van der Waals surface area contributed by atoms with Gasteiger partial charge in [0.15, 0.2) is 5.78 Å². The van der Waals surface area contributed by atoms with Crippen LogP contribution in [-0.2, 0) is 6.42 Å². The minimum absolute atomic E-state index is 0.0738. The third kappa shape index (κ3) is 4.09. The molecule has 0 radical (unpaired) electrons. The second-order valence-electron chi connectivity index (χ2n) is 5.03. The summed E-state index contributed by atoms with van der Waals surface area (Å²) in [6, 6.07) is 14.4. The number of aliphatic hydroxyl groups is 1. The lowest BCUT2D eigenvalue weighted by atomic mass is 9.99. The Morgan fingerprint density at radius 1 is 1.05 bits per heavy atom. The van der Waals surface area contributed by atoms with Crippen molar-refractivity contribution >= 4 is 5.78 Å². The summed E-state index contributed by atoms with van der Waals surface area (Å²) >= 11 is 0. The predicted octanol–water partition coefficient (Wildman–Crippen LogP) is 2.88. The van der Waals surface area contributed by atoms with Crippen molar-refractivity contribution in [2.45, 2.75) is 18.9 Å². The second kappa shape index (κ2) is 7.61. The quantitative estimate of drug-likeness (QED) is 0.799. The van der Waals surface area contributed by atoms with E-state index >= 15 is 0 Å². The van der Waals surface area contributed by atoms with Gasteiger partial charge in [0.1, 0.15) is 11.5 Å². The summed E-state index contributed by atoms with van der Waals surface area (Å²) < 4.78 is 10.3. The van der Waals surface area contributed by atoms with Crippen LogP contribution in [0.25, 0.3) is 0 Å². The summed E-state index contributed by atoms with van der Waals surface area (Å²) in [5, 5.41) is 10.2. The molecular formula is C18H20O4. The SMILES string of the molecule is COc1ccc(C(=O)CC(O)Cc2ccccc2OC)cc1. The Hall–Kier alpha value is -2.33. The Kier molecular flexibility index (Phi) is 5.55. The number of ether oxygens (including phenoxy) is 2. The lowest BCUT2D eigenvalue weighted by Gasteiger charge is -2.13. The number of carbonyl (C=O) groups is 1. The summed E-state index contributed by atoms with van der Waals surface area (Å²) in [6.45, 7) is 0. The third-order valence-corrected chi connectivity index (χ3v) is 3.48. The molecule has 0 spiro atoms. The summed E-state index contributed by atoms with van der Waals surface area (Å²) in [6.07, 6.45) is -0.290. The molecule has 22 heavy (non-hydrogen) atoms. The number of aliphatic hydroxyl groups excluding tert-OH is 1. The number of Topliss-reactive ketones (excluding diaryl/α,β-unsaturated/α-hetero) is 1. The van der Waals surface area contributed by atoms with Crippen molar-refractivity contribution in [3.05, 3.63) is 59.7 Å². The van der Waals surface area contributed by atoms with Crippen molar-refractivity contribution in [2.75, 3.05) is 14.2 Å². The lowest BCUT2D eigenvalue weighted by molar-refractivity contribution is 0.0880. The van der Waals surface area contributed by atoms with Crippen molar-refractivity contribution < 1.29 is 19.4 Å². The predicted molar refractivity (Wildman–Crippen MR) is 84.6 cm³/mol. The van der Waals surface area contributed by atoms with Crippen LogP contribution in [0.3, 0.4) is 0 Å². The van der Waals surface area contributed by atoms with E-state index in [1.165, 1.54) is 0 Å².